The van der Waals surface area contributed by atoms with E-state index in [0.717, 1.165) is 22.0 Å². The van der Waals surface area contributed by atoms with Crippen molar-refractivity contribution in [3.8, 4) is 0 Å². The number of pyridine rings is 1. The molecule has 0 aliphatic rings. The molecule has 0 aliphatic carbocycles. The molecule has 1 aromatic carbocycles. The van der Waals surface area contributed by atoms with Crippen molar-refractivity contribution in [2.24, 2.45) is 0 Å². The topological polar surface area (TPSA) is 52.3 Å². The third kappa shape index (κ3) is 2.55. The van der Waals surface area contributed by atoms with E-state index in [1.165, 1.54) is 5.19 Å². The van der Waals surface area contributed by atoms with Gasteiger partial charge in [0.2, 0.25) is 0 Å². The van der Waals surface area contributed by atoms with E-state index >= 15 is 0 Å². The Morgan fingerprint density at radius 3 is 2.74 bits per heavy atom. The smallest absolute Gasteiger partial charge is 0.341 e. The van der Waals surface area contributed by atoms with E-state index < -0.39 is 8.07 Å². The Hall–Kier alpha value is -2.14. The summed E-state index contributed by atoms with van der Waals surface area (Å²) in [6.07, 6.45) is 1.78. The van der Waals surface area contributed by atoms with Gasteiger partial charge >= 0.3 is 5.97 Å². The summed E-state index contributed by atoms with van der Waals surface area (Å²) in [6.45, 7) is 10.9. The second kappa shape index (κ2) is 5.49. The molecule has 2 aromatic heterocycles. The molecular formula is C18H21NO3Si. The minimum Gasteiger partial charge on any atom is -0.462 e. The van der Waals surface area contributed by atoms with Crippen molar-refractivity contribution in [3.05, 3.63) is 35.7 Å². The third-order valence-electron chi connectivity index (χ3n) is 3.95. The summed E-state index contributed by atoms with van der Waals surface area (Å²) in [5.74, 6) is 0.530. The van der Waals surface area contributed by atoms with Crippen LogP contribution >= 0.6 is 0 Å². The first kappa shape index (κ1) is 15.7. The normalized spacial score (nSPS) is 12.0. The van der Waals surface area contributed by atoms with Crippen LogP contribution in [0.15, 0.2) is 28.8 Å². The number of hydrogen-bond acceptors (Lipinski definition) is 4. The maximum atomic E-state index is 12.4. The van der Waals surface area contributed by atoms with Gasteiger partial charge in [0.15, 0.2) is 5.58 Å². The summed E-state index contributed by atoms with van der Waals surface area (Å²) in [4.78, 5) is 16.9. The van der Waals surface area contributed by atoms with Gasteiger partial charge in [-0.25, -0.2) is 4.79 Å². The fourth-order valence-electron chi connectivity index (χ4n) is 3.19. The zero-order chi connectivity index (χ0) is 16.8. The monoisotopic (exact) mass is 327 g/mol. The average molecular weight is 327 g/mol. The van der Waals surface area contributed by atoms with Gasteiger partial charge < -0.3 is 9.15 Å². The standard InChI is InChI=1S/C18H21NO3Si/c1-6-21-18(20)13-10-12-8-7-9-19-15(12)14-16(13)22-11(2)17(14)23(3,4)5/h7-10H,6H2,1-5H3. The van der Waals surface area contributed by atoms with E-state index in [4.69, 9.17) is 9.15 Å². The lowest BCUT2D eigenvalue weighted by atomic mass is 10.1. The molecule has 23 heavy (non-hydrogen) atoms. The Balaban J connectivity index is 2.49. The summed E-state index contributed by atoms with van der Waals surface area (Å²) in [5, 5.41) is 3.13. The number of aromatic nitrogens is 1. The van der Waals surface area contributed by atoms with E-state index in [0.29, 0.717) is 17.8 Å². The van der Waals surface area contributed by atoms with Gasteiger partial charge in [0.25, 0.3) is 0 Å². The van der Waals surface area contributed by atoms with Crippen LogP contribution in [0.5, 0.6) is 0 Å². The zero-order valence-electron chi connectivity index (χ0n) is 14.2. The van der Waals surface area contributed by atoms with Crippen molar-refractivity contribution in [3.63, 3.8) is 0 Å². The van der Waals surface area contributed by atoms with Crippen LogP contribution in [-0.4, -0.2) is 25.6 Å². The van der Waals surface area contributed by atoms with Crippen molar-refractivity contribution in [2.45, 2.75) is 33.5 Å². The second-order valence-corrected chi connectivity index (χ2v) is 11.7. The highest BCUT2D eigenvalue weighted by Gasteiger charge is 2.29. The summed E-state index contributed by atoms with van der Waals surface area (Å²) < 4.78 is 11.2. The predicted octanol–water partition coefficient (Wildman–Crippen LogP) is 4.01. The van der Waals surface area contributed by atoms with Crippen molar-refractivity contribution < 1.29 is 13.9 Å². The molecule has 2 heterocycles. The van der Waals surface area contributed by atoms with Gasteiger partial charge in [0.1, 0.15) is 11.3 Å². The molecule has 5 heteroatoms. The Labute approximate surface area is 136 Å². The average Bonchev–Trinajstić information content (AvgIpc) is 2.83. The molecule has 0 bridgehead atoms. The van der Waals surface area contributed by atoms with E-state index in [9.17, 15) is 4.79 Å². The number of carbonyl (C=O) groups excluding carboxylic acids is 1. The number of carbonyl (C=O) groups is 1. The zero-order valence-corrected chi connectivity index (χ0v) is 15.2. The molecule has 0 atom stereocenters. The maximum Gasteiger partial charge on any atom is 0.341 e. The summed E-state index contributed by atoms with van der Waals surface area (Å²) >= 11 is 0. The number of ether oxygens (including phenoxy) is 1. The molecule has 0 saturated heterocycles. The number of aryl methyl sites for hydroxylation is 1. The van der Waals surface area contributed by atoms with Gasteiger partial charge in [-0.05, 0) is 31.2 Å². The van der Waals surface area contributed by atoms with Crippen molar-refractivity contribution >= 4 is 41.1 Å². The number of esters is 1. The van der Waals surface area contributed by atoms with Crippen LogP contribution in [-0.2, 0) is 4.74 Å². The van der Waals surface area contributed by atoms with Crippen LogP contribution in [0.25, 0.3) is 21.9 Å². The molecule has 0 radical (unpaired) electrons. The minimum absolute atomic E-state index is 0.339. The predicted molar refractivity (Wildman–Crippen MR) is 95.2 cm³/mol. The van der Waals surface area contributed by atoms with Gasteiger partial charge in [-0.3, -0.25) is 4.98 Å². The van der Waals surface area contributed by atoms with E-state index in [2.05, 4.69) is 24.6 Å². The number of nitrogens with zero attached hydrogens (tertiary/aromatic N) is 1. The Morgan fingerprint density at radius 2 is 2.09 bits per heavy atom. The molecule has 4 nitrogen and oxygen atoms in total. The van der Waals surface area contributed by atoms with Gasteiger partial charge in [-0.15, -0.1) is 0 Å². The summed E-state index contributed by atoms with van der Waals surface area (Å²) in [7, 11) is -1.67. The van der Waals surface area contributed by atoms with Crippen LogP contribution in [0.2, 0.25) is 19.6 Å². The van der Waals surface area contributed by atoms with Crippen LogP contribution in [0.4, 0.5) is 0 Å². The number of hydrogen-bond donors (Lipinski definition) is 0. The number of fused-ring (bicyclic) bond motifs is 3. The Bertz CT molecular complexity index is 906. The molecule has 0 unspecified atom stereocenters. The molecule has 3 rings (SSSR count). The number of rotatable bonds is 3. The van der Waals surface area contributed by atoms with Crippen molar-refractivity contribution in [1.29, 1.82) is 0 Å². The SMILES string of the molecule is CCOC(=O)c1cc2cccnc2c2c([Si](C)(C)C)c(C)oc12. The maximum absolute atomic E-state index is 12.4. The van der Waals surface area contributed by atoms with Gasteiger partial charge in [0, 0.05) is 17.0 Å². The molecule has 120 valence electrons. The molecule has 0 N–H and O–H groups in total. The third-order valence-corrected chi connectivity index (χ3v) is 6.05. The van der Waals surface area contributed by atoms with Crippen LogP contribution in [0, 0.1) is 6.92 Å². The fourth-order valence-corrected chi connectivity index (χ4v) is 5.28. The molecule has 0 saturated carbocycles. The Kier molecular flexibility index (Phi) is 3.76. The van der Waals surface area contributed by atoms with E-state index in [-0.39, 0.29) is 5.97 Å². The van der Waals surface area contributed by atoms with E-state index in [1.807, 2.05) is 25.1 Å². The van der Waals surface area contributed by atoms with Gasteiger partial charge in [0.05, 0.1) is 20.2 Å². The molecule has 3 aromatic rings. The van der Waals surface area contributed by atoms with Crippen LogP contribution < -0.4 is 5.19 Å². The highest BCUT2D eigenvalue weighted by atomic mass is 28.3. The molecule has 0 spiro atoms. The summed E-state index contributed by atoms with van der Waals surface area (Å²) in [5.41, 5.74) is 1.98. The highest BCUT2D eigenvalue weighted by Crippen LogP contribution is 2.31. The first-order chi connectivity index (χ1) is 10.8. The molecule has 0 aliphatic heterocycles. The van der Waals surface area contributed by atoms with E-state index in [1.54, 1.807) is 13.1 Å². The molecule has 0 amide bonds. The minimum atomic E-state index is -1.67. The number of benzene rings is 1. The first-order valence-electron chi connectivity index (χ1n) is 7.83. The quantitative estimate of drug-likeness (QED) is 0.539. The number of furan rings is 1. The van der Waals surface area contributed by atoms with Crippen LogP contribution in [0.3, 0.4) is 0 Å². The molecule has 0 fully saturated rings. The van der Waals surface area contributed by atoms with Crippen molar-refractivity contribution in [2.75, 3.05) is 6.61 Å². The molecular weight excluding hydrogens is 306 g/mol. The first-order valence-corrected chi connectivity index (χ1v) is 11.3. The lowest BCUT2D eigenvalue weighted by Gasteiger charge is -2.16. The van der Waals surface area contributed by atoms with Crippen molar-refractivity contribution in [1.82, 2.24) is 4.98 Å². The Morgan fingerprint density at radius 1 is 1.35 bits per heavy atom. The lowest BCUT2D eigenvalue weighted by molar-refractivity contribution is 0.0527. The fraction of sp³-hybridized carbons (Fsp3) is 0.333. The van der Waals surface area contributed by atoms with Gasteiger partial charge in [-0.2, -0.15) is 0 Å². The highest BCUT2D eigenvalue weighted by molar-refractivity contribution is 6.91. The summed E-state index contributed by atoms with van der Waals surface area (Å²) in [6, 6.07) is 5.67. The lowest BCUT2D eigenvalue weighted by Crippen LogP contribution is -2.38. The van der Waals surface area contributed by atoms with Crippen LogP contribution in [0.1, 0.15) is 23.0 Å². The largest absolute Gasteiger partial charge is 0.462 e. The second-order valence-electron chi connectivity index (χ2n) is 6.71. The van der Waals surface area contributed by atoms with Gasteiger partial charge in [-0.1, -0.05) is 25.7 Å².